The lowest BCUT2D eigenvalue weighted by Crippen LogP contribution is -2.49. The molecule has 0 bridgehead atoms. The molecule has 0 aliphatic rings. The molecule has 0 aromatic heterocycles. The van der Waals surface area contributed by atoms with Crippen molar-refractivity contribution < 1.29 is 42.1 Å². The maximum Gasteiger partial charge on any atom is 0.573 e. The Bertz CT molecular complexity index is 892. The van der Waals surface area contributed by atoms with Crippen molar-refractivity contribution in [3.05, 3.63) is 65.5 Å². The quantitative estimate of drug-likeness (QED) is 0.475. The van der Waals surface area contributed by atoms with Gasteiger partial charge in [-0.05, 0) is 18.1 Å². The number of carbonyl (C=O) groups excluding carboxylic acids is 1. The van der Waals surface area contributed by atoms with E-state index in [-0.39, 0.29) is 6.42 Å². The third kappa shape index (κ3) is 6.16. The third-order valence-corrected chi connectivity index (χ3v) is 4.05. The number of nitrogens with two attached hydrogens (primary N) is 1. The first-order chi connectivity index (χ1) is 14.0. The van der Waals surface area contributed by atoms with Gasteiger partial charge in [0.1, 0.15) is 6.10 Å². The normalized spacial score (nSPS) is 14.5. The van der Waals surface area contributed by atoms with Gasteiger partial charge in [0.15, 0.2) is 17.6 Å². The van der Waals surface area contributed by atoms with Gasteiger partial charge in [-0.2, -0.15) is 0 Å². The van der Waals surface area contributed by atoms with Crippen LogP contribution in [0.2, 0.25) is 0 Å². The molecule has 0 unspecified atom stereocenters. The molecule has 162 valence electrons. The van der Waals surface area contributed by atoms with Crippen LogP contribution in [0.4, 0.5) is 17.6 Å². The van der Waals surface area contributed by atoms with E-state index < -0.39 is 53.6 Å². The SMILES string of the molecule is N[C@H](Cc1ccccc1)[C@H](O)C(=O)N[C@@H](C(=O)O)c1cccc(OC(F)(F)F)c1F. The number of amides is 1. The molecule has 0 saturated heterocycles. The highest BCUT2D eigenvalue weighted by atomic mass is 19.4. The predicted octanol–water partition coefficient (Wildman–Crippen LogP) is 1.90. The lowest BCUT2D eigenvalue weighted by Gasteiger charge is -2.22. The van der Waals surface area contributed by atoms with E-state index in [0.717, 1.165) is 12.1 Å². The van der Waals surface area contributed by atoms with Crippen molar-refractivity contribution in [2.45, 2.75) is 31.0 Å². The van der Waals surface area contributed by atoms with Crippen molar-refractivity contribution in [2.75, 3.05) is 0 Å². The smallest absolute Gasteiger partial charge is 0.479 e. The molecular weight excluding hydrogens is 412 g/mol. The van der Waals surface area contributed by atoms with Crippen molar-refractivity contribution in [1.29, 1.82) is 0 Å². The predicted molar refractivity (Wildman–Crippen MR) is 95.7 cm³/mol. The molecule has 2 aromatic rings. The fourth-order valence-electron chi connectivity index (χ4n) is 2.65. The molecule has 0 saturated carbocycles. The van der Waals surface area contributed by atoms with Gasteiger partial charge in [0.05, 0.1) is 0 Å². The summed E-state index contributed by atoms with van der Waals surface area (Å²) >= 11 is 0. The second-order valence-corrected chi connectivity index (χ2v) is 6.29. The Balaban J connectivity index is 2.18. The minimum absolute atomic E-state index is 0.0798. The van der Waals surface area contributed by atoms with Crippen molar-refractivity contribution >= 4 is 11.9 Å². The monoisotopic (exact) mass is 430 g/mol. The molecule has 2 rings (SSSR count). The summed E-state index contributed by atoms with van der Waals surface area (Å²) in [4.78, 5) is 23.8. The first kappa shape index (κ1) is 23.1. The lowest BCUT2D eigenvalue weighted by atomic mass is 10.0. The second-order valence-electron chi connectivity index (χ2n) is 6.29. The zero-order valence-electron chi connectivity index (χ0n) is 15.3. The Morgan fingerprint density at radius 2 is 1.73 bits per heavy atom. The average Bonchev–Trinajstić information content (AvgIpc) is 2.66. The molecule has 30 heavy (non-hydrogen) atoms. The Morgan fingerprint density at radius 3 is 2.30 bits per heavy atom. The van der Waals surface area contributed by atoms with Crippen molar-refractivity contribution in [2.24, 2.45) is 5.73 Å². The van der Waals surface area contributed by atoms with Gasteiger partial charge in [0.2, 0.25) is 0 Å². The van der Waals surface area contributed by atoms with Crippen LogP contribution in [0, 0.1) is 5.82 Å². The molecule has 0 fully saturated rings. The standard InChI is InChI=1S/C19H18F4N2O5/c20-14-11(7-4-8-13(14)30-19(21,22)23)15(18(28)29)25-17(27)16(26)12(24)9-10-5-2-1-3-6-10/h1-8,12,15-16,26H,9,24H2,(H,25,27)(H,28,29)/t12-,15-,16+/m1/s1. The van der Waals surface area contributed by atoms with Crippen LogP contribution in [0.5, 0.6) is 5.75 Å². The van der Waals surface area contributed by atoms with Gasteiger partial charge in [0, 0.05) is 11.6 Å². The molecule has 1 amide bonds. The molecule has 0 radical (unpaired) electrons. The van der Waals surface area contributed by atoms with Gasteiger partial charge in [-0.25, -0.2) is 9.18 Å². The van der Waals surface area contributed by atoms with E-state index in [4.69, 9.17) is 5.73 Å². The molecule has 11 heteroatoms. The Hall–Kier alpha value is -3.18. The van der Waals surface area contributed by atoms with E-state index >= 15 is 0 Å². The molecule has 3 atom stereocenters. The zero-order chi connectivity index (χ0) is 22.5. The maximum absolute atomic E-state index is 14.4. The molecule has 7 nitrogen and oxygen atoms in total. The summed E-state index contributed by atoms with van der Waals surface area (Å²) in [7, 11) is 0. The minimum Gasteiger partial charge on any atom is -0.479 e. The first-order valence-electron chi connectivity index (χ1n) is 8.54. The van der Waals surface area contributed by atoms with Crippen molar-refractivity contribution in [3.63, 3.8) is 0 Å². The van der Waals surface area contributed by atoms with Crippen molar-refractivity contribution in [1.82, 2.24) is 5.32 Å². The Morgan fingerprint density at radius 1 is 1.10 bits per heavy atom. The number of rotatable bonds is 8. The number of halogens is 4. The van der Waals surface area contributed by atoms with Gasteiger partial charge in [-0.1, -0.05) is 42.5 Å². The highest BCUT2D eigenvalue weighted by molar-refractivity contribution is 5.87. The molecular formula is C19H18F4N2O5. The number of alkyl halides is 3. The van der Waals surface area contributed by atoms with Gasteiger partial charge in [0.25, 0.3) is 5.91 Å². The summed E-state index contributed by atoms with van der Waals surface area (Å²) in [6.07, 6.45) is -6.98. The Labute approximate surface area is 168 Å². The fraction of sp³-hybridized carbons (Fsp3) is 0.263. The van der Waals surface area contributed by atoms with Gasteiger partial charge >= 0.3 is 12.3 Å². The minimum atomic E-state index is -5.21. The highest BCUT2D eigenvalue weighted by Crippen LogP contribution is 2.30. The van der Waals surface area contributed by atoms with Gasteiger partial charge in [-0.3, -0.25) is 4.79 Å². The third-order valence-electron chi connectivity index (χ3n) is 4.05. The van der Waals surface area contributed by atoms with Crippen molar-refractivity contribution in [3.8, 4) is 5.75 Å². The molecule has 2 aromatic carbocycles. The molecule has 0 heterocycles. The highest BCUT2D eigenvalue weighted by Gasteiger charge is 2.35. The van der Waals surface area contributed by atoms with Crippen LogP contribution >= 0.6 is 0 Å². The number of carboxylic acids is 1. The fourth-order valence-corrected chi connectivity index (χ4v) is 2.65. The summed E-state index contributed by atoms with van der Waals surface area (Å²) in [6, 6.07) is 7.82. The zero-order valence-corrected chi connectivity index (χ0v) is 15.3. The van der Waals surface area contributed by atoms with Crippen LogP contribution in [0.1, 0.15) is 17.2 Å². The van der Waals surface area contributed by atoms with Crippen LogP contribution in [-0.2, 0) is 16.0 Å². The van der Waals surface area contributed by atoms with Crippen LogP contribution < -0.4 is 15.8 Å². The average molecular weight is 430 g/mol. The first-order valence-corrected chi connectivity index (χ1v) is 8.54. The number of hydrogen-bond donors (Lipinski definition) is 4. The number of hydrogen-bond acceptors (Lipinski definition) is 5. The maximum atomic E-state index is 14.4. The molecule has 0 aliphatic heterocycles. The van der Waals surface area contributed by atoms with Gasteiger partial charge in [-0.15, -0.1) is 13.2 Å². The van der Waals surface area contributed by atoms with E-state index in [2.05, 4.69) is 4.74 Å². The van der Waals surface area contributed by atoms with E-state index in [9.17, 15) is 37.4 Å². The molecule has 0 aliphatic carbocycles. The van der Waals surface area contributed by atoms with E-state index in [1.807, 2.05) is 5.32 Å². The summed E-state index contributed by atoms with van der Waals surface area (Å²) in [6.45, 7) is 0. The summed E-state index contributed by atoms with van der Waals surface area (Å²) < 4.78 is 55.0. The van der Waals surface area contributed by atoms with E-state index in [1.54, 1.807) is 30.3 Å². The number of ether oxygens (including phenoxy) is 1. The topological polar surface area (TPSA) is 122 Å². The Kier molecular flexibility index (Phi) is 7.35. The largest absolute Gasteiger partial charge is 0.573 e. The number of carboxylic acid groups (broad SMARTS) is 1. The molecule has 5 N–H and O–H groups in total. The number of aliphatic hydroxyl groups is 1. The summed E-state index contributed by atoms with van der Waals surface area (Å²) in [5.74, 6) is -5.88. The number of benzene rings is 2. The van der Waals surface area contributed by atoms with Crippen LogP contribution in [0.15, 0.2) is 48.5 Å². The van der Waals surface area contributed by atoms with E-state index in [0.29, 0.717) is 11.6 Å². The number of aliphatic carboxylic acids is 1. The van der Waals surface area contributed by atoms with Crippen LogP contribution in [-0.4, -0.2) is 40.6 Å². The molecule has 0 spiro atoms. The summed E-state index contributed by atoms with van der Waals surface area (Å²) in [5.41, 5.74) is 5.70. The van der Waals surface area contributed by atoms with Gasteiger partial charge < -0.3 is 26.0 Å². The number of nitrogens with one attached hydrogen (secondary N) is 1. The van der Waals surface area contributed by atoms with E-state index in [1.165, 1.54) is 0 Å². The lowest BCUT2D eigenvalue weighted by molar-refractivity contribution is -0.275. The van der Waals surface area contributed by atoms with Crippen LogP contribution in [0.3, 0.4) is 0 Å². The number of carbonyl (C=O) groups is 2. The second kappa shape index (κ2) is 9.55. The van der Waals surface area contributed by atoms with Crippen LogP contribution in [0.25, 0.3) is 0 Å². The number of aliphatic hydroxyl groups excluding tert-OH is 1. The summed E-state index contributed by atoms with van der Waals surface area (Å²) in [5, 5.41) is 21.3.